The molecule has 0 rings (SSSR count). The van der Waals surface area contributed by atoms with Gasteiger partial charge in [0, 0.05) is 0 Å². The average Bonchev–Trinajstić information content (AvgIpc) is 2.38. The molecule has 3 N–H and O–H groups in total. The molecule has 0 heterocycles. The van der Waals surface area contributed by atoms with Crippen molar-refractivity contribution >= 4 is 18.0 Å². The highest BCUT2D eigenvalue weighted by Gasteiger charge is 2.27. The highest BCUT2D eigenvalue weighted by Crippen LogP contribution is 2.07. The van der Waals surface area contributed by atoms with Crippen LogP contribution >= 0.6 is 0 Å². The second-order valence-electron chi connectivity index (χ2n) is 5.37. The van der Waals surface area contributed by atoms with Gasteiger partial charge >= 0.3 is 12.1 Å². The normalized spacial score (nSPS) is 13.8. The number of esters is 1. The van der Waals surface area contributed by atoms with Crippen LogP contribution in [0.1, 0.15) is 34.1 Å². The summed E-state index contributed by atoms with van der Waals surface area (Å²) < 4.78 is 9.49. The molecule has 0 bridgehead atoms. The third kappa shape index (κ3) is 7.50. The zero-order valence-electron chi connectivity index (χ0n) is 13.1. The van der Waals surface area contributed by atoms with E-state index in [0.717, 1.165) is 7.11 Å². The quantitative estimate of drug-likeness (QED) is 0.592. The van der Waals surface area contributed by atoms with E-state index in [1.165, 1.54) is 0 Å². The van der Waals surface area contributed by atoms with E-state index in [0.29, 0.717) is 6.42 Å². The van der Waals surface area contributed by atoms with Crippen molar-refractivity contribution in [2.24, 2.45) is 0 Å². The molecule has 0 aromatic rings. The molecule has 0 aromatic heterocycles. The summed E-state index contributed by atoms with van der Waals surface area (Å²) in [4.78, 5) is 34.9. The fourth-order valence-electron chi connectivity index (χ4n) is 1.40. The van der Waals surface area contributed by atoms with Crippen LogP contribution in [0.3, 0.4) is 0 Å². The van der Waals surface area contributed by atoms with Gasteiger partial charge in [-0.25, -0.2) is 9.59 Å². The summed E-state index contributed by atoms with van der Waals surface area (Å²) in [6.45, 7) is 6.20. The average molecular weight is 304 g/mol. The summed E-state index contributed by atoms with van der Waals surface area (Å²) in [6.07, 6.45) is -0.437. The van der Waals surface area contributed by atoms with Gasteiger partial charge in [-0.05, 0) is 27.2 Å². The van der Waals surface area contributed by atoms with Crippen molar-refractivity contribution < 1.29 is 29.0 Å². The topological polar surface area (TPSA) is 114 Å². The minimum absolute atomic E-state index is 0.296. The first-order chi connectivity index (χ1) is 9.64. The number of hydrogen-bond donors (Lipinski definition) is 3. The van der Waals surface area contributed by atoms with Crippen LogP contribution in [-0.4, -0.2) is 54.5 Å². The van der Waals surface area contributed by atoms with Crippen LogP contribution in [0.25, 0.3) is 0 Å². The zero-order valence-corrected chi connectivity index (χ0v) is 13.1. The van der Waals surface area contributed by atoms with E-state index >= 15 is 0 Å². The van der Waals surface area contributed by atoms with Crippen molar-refractivity contribution in [3.8, 4) is 0 Å². The molecule has 21 heavy (non-hydrogen) atoms. The summed E-state index contributed by atoms with van der Waals surface area (Å²) in [5.41, 5.74) is -0.682. The van der Waals surface area contributed by atoms with Gasteiger partial charge < -0.3 is 25.2 Å². The molecule has 2 atom stereocenters. The number of aliphatic hydroxyl groups is 1. The van der Waals surface area contributed by atoms with E-state index in [9.17, 15) is 14.4 Å². The molecule has 0 aliphatic carbocycles. The number of carbonyl (C=O) groups is 3. The van der Waals surface area contributed by atoms with Crippen LogP contribution in [-0.2, 0) is 19.1 Å². The first-order valence-corrected chi connectivity index (χ1v) is 6.63. The molecule has 2 unspecified atom stereocenters. The van der Waals surface area contributed by atoms with Crippen molar-refractivity contribution in [1.29, 1.82) is 0 Å². The molecule has 8 heteroatoms. The Balaban J connectivity index is 4.62. The fraction of sp³-hybridized carbons (Fsp3) is 0.769. The van der Waals surface area contributed by atoms with Crippen molar-refractivity contribution in [1.82, 2.24) is 10.6 Å². The highest BCUT2D eigenvalue weighted by molar-refractivity contribution is 5.89. The van der Waals surface area contributed by atoms with Crippen LogP contribution < -0.4 is 10.6 Å². The lowest BCUT2D eigenvalue weighted by Crippen LogP contribution is -2.53. The monoisotopic (exact) mass is 304 g/mol. The molecule has 122 valence electrons. The van der Waals surface area contributed by atoms with Crippen LogP contribution in [0.4, 0.5) is 4.79 Å². The Morgan fingerprint density at radius 2 is 1.71 bits per heavy atom. The van der Waals surface area contributed by atoms with Crippen molar-refractivity contribution in [3.05, 3.63) is 0 Å². The van der Waals surface area contributed by atoms with E-state index in [2.05, 4.69) is 15.4 Å². The lowest BCUT2D eigenvalue weighted by molar-refractivity contribution is -0.146. The van der Waals surface area contributed by atoms with Gasteiger partial charge in [0.1, 0.15) is 11.6 Å². The summed E-state index contributed by atoms with van der Waals surface area (Å²) in [6, 6.07) is -2.05. The number of hydrogen-bond acceptors (Lipinski definition) is 6. The van der Waals surface area contributed by atoms with E-state index in [-0.39, 0.29) is 0 Å². The van der Waals surface area contributed by atoms with Gasteiger partial charge in [-0.2, -0.15) is 0 Å². The fourth-order valence-corrected chi connectivity index (χ4v) is 1.40. The molecule has 0 radical (unpaired) electrons. The van der Waals surface area contributed by atoms with Crippen LogP contribution in [0.2, 0.25) is 0 Å². The van der Waals surface area contributed by atoms with Crippen molar-refractivity contribution in [2.75, 3.05) is 13.7 Å². The predicted molar refractivity (Wildman–Crippen MR) is 74.5 cm³/mol. The number of rotatable bonds is 6. The largest absolute Gasteiger partial charge is 0.467 e. The number of nitrogens with one attached hydrogen (secondary N) is 2. The number of aliphatic hydroxyl groups excluding tert-OH is 1. The standard InChI is InChI=1S/C13H24N2O6/c1-6-8(15-12(19)21-13(2,3)4)10(17)14-9(7-16)11(18)20-5/h8-9,16H,6-7H2,1-5H3,(H,14,17)(H,15,19). The highest BCUT2D eigenvalue weighted by atomic mass is 16.6. The number of ether oxygens (including phenoxy) is 2. The van der Waals surface area contributed by atoms with Gasteiger partial charge in [0.2, 0.25) is 5.91 Å². The molecular formula is C13H24N2O6. The second kappa shape index (κ2) is 8.46. The lowest BCUT2D eigenvalue weighted by atomic mass is 10.2. The third-order valence-corrected chi connectivity index (χ3v) is 2.40. The number of carbonyl (C=O) groups excluding carboxylic acids is 3. The van der Waals surface area contributed by atoms with Gasteiger partial charge in [-0.3, -0.25) is 4.79 Å². The summed E-state index contributed by atoms with van der Waals surface area (Å²) in [5.74, 6) is -1.37. The summed E-state index contributed by atoms with van der Waals surface area (Å²) in [7, 11) is 1.15. The number of amides is 2. The number of methoxy groups -OCH3 is 1. The Kier molecular flexibility index (Phi) is 7.72. The molecule has 0 saturated heterocycles. The molecule has 2 amide bonds. The van der Waals surface area contributed by atoms with Crippen molar-refractivity contribution in [2.45, 2.75) is 51.8 Å². The van der Waals surface area contributed by atoms with Crippen molar-refractivity contribution in [3.63, 3.8) is 0 Å². The van der Waals surface area contributed by atoms with Crippen LogP contribution in [0.5, 0.6) is 0 Å². The van der Waals surface area contributed by atoms with Gasteiger partial charge in [-0.15, -0.1) is 0 Å². The molecule has 8 nitrogen and oxygen atoms in total. The Bertz CT molecular complexity index is 377. The van der Waals surface area contributed by atoms with E-state index in [1.807, 2.05) is 0 Å². The first kappa shape index (κ1) is 19.2. The molecular weight excluding hydrogens is 280 g/mol. The smallest absolute Gasteiger partial charge is 0.408 e. The maximum absolute atomic E-state index is 12.0. The maximum atomic E-state index is 12.0. The SMILES string of the molecule is CCC(NC(=O)OC(C)(C)C)C(=O)NC(CO)C(=O)OC. The van der Waals surface area contributed by atoms with Gasteiger partial charge in [0.15, 0.2) is 6.04 Å². The molecule has 0 saturated carbocycles. The molecule has 0 aromatic carbocycles. The Morgan fingerprint density at radius 1 is 1.14 bits per heavy atom. The maximum Gasteiger partial charge on any atom is 0.408 e. The molecule has 0 fully saturated rings. The van der Waals surface area contributed by atoms with Crippen LogP contribution in [0.15, 0.2) is 0 Å². The molecule has 0 aliphatic rings. The van der Waals surface area contributed by atoms with Crippen LogP contribution in [0, 0.1) is 0 Å². The minimum Gasteiger partial charge on any atom is -0.467 e. The van der Waals surface area contributed by atoms with Gasteiger partial charge in [-0.1, -0.05) is 6.92 Å². The van der Waals surface area contributed by atoms with Gasteiger partial charge in [0.05, 0.1) is 13.7 Å². The van der Waals surface area contributed by atoms with E-state index < -0.39 is 42.3 Å². The van der Waals surface area contributed by atoms with E-state index in [4.69, 9.17) is 9.84 Å². The number of alkyl carbamates (subject to hydrolysis) is 1. The summed E-state index contributed by atoms with van der Waals surface area (Å²) >= 11 is 0. The second-order valence-corrected chi connectivity index (χ2v) is 5.37. The Morgan fingerprint density at radius 3 is 2.10 bits per heavy atom. The minimum atomic E-state index is -1.17. The predicted octanol–water partition coefficient (Wildman–Crippen LogP) is -0.0602. The Hall–Kier alpha value is -1.83. The Labute approximate surface area is 124 Å². The molecule has 0 spiro atoms. The lowest BCUT2D eigenvalue weighted by Gasteiger charge is -2.23. The molecule has 0 aliphatic heterocycles. The zero-order chi connectivity index (χ0) is 16.6. The van der Waals surface area contributed by atoms with E-state index in [1.54, 1.807) is 27.7 Å². The summed E-state index contributed by atoms with van der Waals surface area (Å²) in [5, 5.41) is 13.7. The third-order valence-electron chi connectivity index (χ3n) is 2.40. The van der Waals surface area contributed by atoms with Gasteiger partial charge in [0.25, 0.3) is 0 Å². The first-order valence-electron chi connectivity index (χ1n) is 6.63.